The van der Waals surface area contributed by atoms with Crippen LogP contribution in [-0.2, 0) is 5.41 Å². The van der Waals surface area contributed by atoms with Crippen LogP contribution in [-0.4, -0.2) is 25.4 Å². The predicted octanol–water partition coefficient (Wildman–Crippen LogP) is 2.85. The van der Waals surface area contributed by atoms with E-state index in [1.54, 1.807) is 0 Å². The number of thioether (sulfide) groups is 1. The average Bonchev–Trinajstić information content (AvgIpc) is 2.28. The van der Waals surface area contributed by atoms with E-state index in [0.717, 1.165) is 12.3 Å². The first-order valence-electron chi connectivity index (χ1n) is 6.14. The number of likely N-dealkylation sites (N-methyl/N-ethyl adjacent to an activating group) is 1. The Hall–Kier alpha value is -0.670. The van der Waals surface area contributed by atoms with E-state index in [1.165, 1.54) is 16.1 Å². The zero-order valence-electron chi connectivity index (χ0n) is 11.2. The van der Waals surface area contributed by atoms with E-state index in [9.17, 15) is 0 Å². The molecule has 0 saturated carbocycles. The maximum Gasteiger partial charge on any atom is 0.0542 e. The topological polar surface area (TPSA) is 29.3 Å². The molecule has 1 aromatic rings. The van der Waals surface area contributed by atoms with Crippen LogP contribution in [0.4, 0.5) is 5.69 Å². The van der Waals surface area contributed by atoms with Crippen LogP contribution in [0.15, 0.2) is 23.1 Å². The van der Waals surface area contributed by atoms with Gasteiger partial charge in [0, 0.05) is 24.2 Å². The van der Waals surface area contributed by atoms with Crippen molar-refractivity contribution in [1.29, 1.82) is 0 Å². The van der Waals surface area contributed by atoms with Gasteiger partial charge in [0.05, 0.1) is 11.7 Å². The van der Waals surface area contributed by atoms with Crippen molar-refractivity contribution >= 4 is 17.4 Å². The molecule has 0 radical (unpaired) electrons. The zero-order valence-corrected chi connectivity index (χ0v) is 12.0. The van der Waals surface area contributed by atoms with Gasteiger partial charge in [0.25, 0.3) is 0 Å². The summed E-state index contributed by atoms with van der Waals surface area (Å²) in [4.78, 5) is 3.76. The number of hydrogen-bond donors (Lipinski definition) is 1. The smallest absolute Gasteiger partial charge is 0.0542 e. The number of fused-ring (bicyclic) bond motifs is 1. The molecule has 1 aromatic carbocycles. The van der Waals surface area contributed by atoms with Crippen molar-refractivity contribution in [1.82, 2.24) is 0 Å². The minimum absolute atomic E-state index is 0.177. The van der Waals surface area contributed by atoms with Crippen molar-refractivity contribution in [3.8, 4) is 0 Å². The molecule has 2 N–H and O–H groups in total. The van der Waals surface area contributed by atoms with Crippen molar-refractivity contribution < 1.29 is 0 Å². The summed E-state index contributed by atoms with van der Waals surface area (Å²) in [6.45, 7) is 7.54. The first-order valence-corrected chi connectivity index (χ1v) is 7.13. The largest absolute Gasteiger partial charge is 0.368 e. The fourth-order valence-corrected chi connectivity index (χ4v) is 3.61. The molecule has 0 aliphatic carbocycles. The van der Waals surface area contributed by atoms with Crippen LogP contribution in [0, 0.1) is 0 Å². The summed E-state index contributed by atoms with van der Waals surface area (Å²) in [5.41, 5.74) is 8.83. The predicted molar refractivity (Wildman–Crippen MR) is 77.1 cm³/mol. The Balaban J connectivity index is 2.52. The average molecular weight is 250 g/mol. The maximum absolute atomic E-state index is 5.85. The highest BCUT2D eigenvalue weighted by molar-refractivity contribution is 7.99. The van der Waals surface area contributed by atoms with E-state index in [0.29, 0.717) is 6.04 Å². The number of rotatable bonds is 1. The number of benzene rings is 1. The number of nitrogens with zero attached hydrogens (tertiary/aromatic N) is 1. The molecule has 2 rings (SSSR count). The Morgan fingerprint density at radius 3 is 2.71 bits per heavy atom. The van der Waals surface area contributed by atoms with Crippen LogP contribution < -0.4 is 10.6 Å². The van der Waals surface area contributed by atoms with E-state index >= 15 is 0 Å². The summed E-state index contributed by atoms with van der Waals surface area (Å²) < 4.78 is 0. The highest BCUT2D eigenvalue weighted by Crippen LogP contribution is 2.42. The highest BCUT2D eigenvalue weighted by Gasteiger charge is 2.28. The van der Waals surface area contributed by atoms with E-state index in [4.69, 9.17) is 5.73 Å². The molecule has 0 spiro atoms. The second-order valence-corrected chi connectivity index (χ2v) is 6.78. The summed E-state index contributed by atoms with van der Waals surface area (Å²) in [6.07, 6.45) is 0. The number of anilines is 1. The molecule has 1 aliphatic rings. The van der Waals surface area contributed by atoms with Gasteiger partial charge < -0.3 is 10.6 Å². The lowest BCUT2D eigenvalue weighted by molar-refractivity contribution is 0.579. The molecular formula is C14H22N2S. The summed E-state index contributed by atoms with van der Waals surface area (Å²) in [5, 5.41) is 0. The van der Waals surface area contributed by atoms with Crippen LogP contribution in [0.3, 0.4) is 0 Å². The van der Waals surface area contributed by atoms with Crippen LogP contribution in [0.25, 0.3) is 0 Å². The van der Waals surface area contributed by atoms with Gasteiger partial charge in [-0.2, -0.15) is 0 Å². The Bertz CT molecular complexity index is 409. The minimum Gasteiger partial charge on any atom is -0.368 e. The molecular weight excluding hydrogens is 228 g/mol. The van der Waals surface area contributed by atoms with Gasteiger partial charge in [0.2, 0.25) is 0 Å². The summed E-state index contributed by atoms with van der Waals surface area (Å²) in [6, 6.07) is 7.09. The molecule has 2 nitrogen and oxygen atoms in total. The molecule has 0 aromatic heterocycles. The second-order valence-electron chi connectivity index (χ2n) is 5.71. The minimum atomic E-state index is 0.177. The molecule has 3 heteroatoms. The molecule has 1 atom stereocenters. The van der Waals surface area contributed by atoms with Crippen LogP contribution >= 0.6 is 11.8 Å². The van der Waals surface area contributed by atoms with Crippen LogP contribution in [0.2, 0.25) is 0 Å². The zero-order chi connectivity index (χ0) is 12.6. The lowest BCUT2D eigenvalue weighted by atomic mass is 9.85. The third kappa shape index (κ3) is 2.31. The van der Waals surface area contributed by atoms with Gasteiger partial charge in [0.15, 0.2) is 0 Å². The summed E-state index contributed by atoms with van der Waals surface area (Å²) in [5.74, 6) is 1.09. The van der Waals surface area contributed by atoms with Gasteiger partial charge in [-0.1, -0.05) is 32.9 Å². The van der Waals surface area contributed by atoms with Crippen molar-refractivity contribution in [3.63, 3.8) is 0 Å². The van der Waals surface area contributed by atoms with Gasteiger partial charge in [-0.25, -0.2) is 0 Å². The van der Waals surface area contributed by atoms with Gasteiger partial charge in [0.1, 0.15) is 0 Å². The Labute approximate surface area is 109 Å². The Morgan fingerprint density at radius 1 is 1.41 bits per heavy atom. The molecule has 1 aliphatic heterocycles. The van der Waals surface area contributed by atoms with Crippen molar-refractivity contribution in [2.75, 3.05) is 24.2 Å². The van der Waals surface area contributed by atoms with E-state index in [2.05, 4.69) is 50.9 Å². The third-order valence-electron chi connectivity index (χ3n) is 3.41. The van der Waals surface area contributed by atoms with Gasteiger partial charge in [-0.15, -0.1) is 11.8 Å². The van der Waals surface area contributed by atoms with Crippen LogP contribution in [0.5, 0.6) is 0 Å². The standard InChI is InChI=1S/C14H22N2S/c1-14(2,3)11-6-5-7-12-13(11)16(4)10(8-15)9-17-12/h5-7,10H,8-9,15H2,1-4H3. The first kappa shape index (κ1) is 12.8. The quantitative estimate of drug-likeness (QED) is 0.831. The highest BCUT2D eigenvalue weighted by atomic mass is 32.2. The van der Waals surface area contributed by atoms with E-state index in [-0.39, 0.29) is 5.41 Å². The lowest BCUT2D eigenvalue weighted by Crippen LogP contribution is -2.43. The normalized spacial score (nSPS) is 20.3. The SMILES string of the molecule is CN1c2c(cccc2C(C)(C)C)SCC1CN. The van der Waals surface area contributed by atoms with Crippen molar-refractivity contribution in [3.05, 3.63) is 23.8 Å². The van der Waals surface area contributed by atoms with Crippen molar-refractivity contribution in [2.24, 2.45) is 5.73 Å². The van der Waals surface area contributed by atoms with Crippen molar-refractivity contribution in [2.45, 2.75) is 37.1 Å². The summed E-state index contributed by atoms with van der Waals surface area (Å²) >= 11 is 1.93. The van der Waals surface area contributed by atoms with Gasteiger partial charge in [-0.3, -0.25) is 0 Å². The molecule has 17 heavy (non-hydrogen) atoms. The second kappa shape index (κ2) is 4.54. The number of hydrogen-bond acceptors (Lipinski definition) is 3. The molecule has 0 fully saturated rings. The molecule has 0 bridgehead atoms. The number of nitrogens with two attached hydrogens (primary N) is 1. The maximum atomic E-state index is 5.85. The number of para-hydroxylation sites is 1. The van der Waals surface area contributed by atoms with E-state index in [1.807, 2.05) is 11.8 Å². The first-order chi connectivity index (χ1) is 7.95. The molecule has 1 unspecified atom stereocenters. The molecule has 1 heterocycles. The lowest BCUT2D eigenvalue weighted by Gasteiger charge is -2.38. The van der Waals surface area contributed by atoms with Gasteiger partial charge in [-0.05, 0) is 17.0 Å². The fraction of sp³-hybridized carbons (Fsp3) is 0.571. The third-order valence-corrected chi connectivity index (χ3v) is 4.60. The molecule has 0 saturated heterocycles. The molecule has 94 valence electrons. The van der Waals surface area contributed by atoms with Gasteiger partial charge >= 0.3 is 0 Å². The Kier molecular flexibility index (Phi) is 3.41. The molecule has 0 amide bonds. The fourth-order valence-electron chi connectivity index (χ4n) is 2.31. The van der Waals surface area contributed by atoms with Crippen LogP contribution in [0.1, 0.15) is 26.3 Å². The Morgan fingerprint density at radius 2 is 2.12 bits per heavy atom. The summed E-state index contributed by atoms with van der Waals surface area (Å²) in [7, 11) is 2.17. The monoisotopic (exact) mass is 250 g/mol. The van der Waals surface area contributed by atoms with E-state index < -0.39 is 0 Å².